The summed E-state index contributed by atoms with van der Waals surface area (Å²) in [4.78, 5) is 12.4. The summed E-state index contributed by atoms with van der Waals surface area (Å²) < 4.78 is 18.2. The number of furan rings is 1. The first kappa shape index (κ1) is 25.6. The molecular weight excluding hydrogens is 626 g/mol. The zero-order chi connectivity index (χ0) is 24.9. The third-order valence-electron chi connectivity index (χ3n) is 4.80. The van der Waals surface area contributed by atoms with Gasteiger partial charge in [0.2, 0.25) is 0 Å². The molecule has 1 aromatic heterocycles. The molecule has 0 unspecified atom stereocenters. The molecule has 1 N–H and O–H groups in total. The van der Waals surface area contributed by atoms with Crippen LogP contribution < -0.4 is 14.9 Å². The van der Waals surface area contributed by atoms with Crippen molar-refractivity contribution >= 4 is 80.5 Å². The number of nitrogens with zero attached hydrogens (tertiary/aromatic N) is 1. The number of amides is 1. The minimum Gasteiger partial charge on any atom is -0.490 e. The highest BCUT2D eigenvalue weighted by molar-refractivity contribution is 14.1. The van der Waals surface area contributed by atoms with Crippen molar-refractivity contribution in [2.24, 2.45) is 5.10 Å². The lowest BCUT2D eigenvalue weighted by Gasteiger charge is -2.15. The van der Waals surface area contributed by atoms with E-state index in [1.54, 1.807) is 42.5 Å². The van der Waals surface area contributed by atoms with Crippen LogP contribution >= 0.6 is 57.4 Å². The van der Waals surface area contributed by atoms with Gasteiger partial charge in [0.1, 0.15) is 12.2 Å². The van der Waals surface area contributed by atoms with Gasteiger partial charge in [0.15, 0.2) is 17.3 Å². The number of hydrazone groups is 1. The molecule has 35 heavy (non-hydrogen) atoms. The van der Waals surface area contributed by atoms with Crippen LogP contribution in [0.2, 0.25) is 15.1 Å². The molecule has 0 aliphatic carbocycles. The first-order valence-corrected chi connectivity index (χ1v) is 12.6. The smallest absolute Gasteiger partial charge is 0.307 e. The molecule has 4 rings (SSSR count). The second kappa shape index (κ2) is 11.5. The molecule has 3 aromatic carbocycles. The van der Waals surface area contributed by atoms with Gasteiger partial charge in [0, 0.05) is 26.0 Å². The van der Waals surface area contributed by atoms with Gasteiger partial charge in [-0.25, -0.2) is 5.43 Å². The lowest BCUT2D eigenvalue weighted by Crippen LogP contribution is -2.16. The summed E-state index contributed by atoms with van der Waals surface area (Å²) in [5.41, 5.74) is 4.55. The van der Waals surface area contributed by atoms with E-state index in [4.69, 9.17) is 48.7 Å². The van der Waals surface area contributed by atoms with Crippen molar-refractivity contribution in [3.05, 3.63) is 90.1 Å². The molecule has 0 fully saturated rings. The van der Waals surface area contributed by atoms with E-state index in [0.717, 1.165) is 14.5 Å². The number of carbonyl (C=O) groups excluding carboxylic acids is 1. The second-order valence-corrected chi connectivity index (χ2v) is 9.72. The topological polar surface area (TPSA) is 73.1 Å². The van der Waals surface area contributed by atoms with Crippen LogP contribution in [-0.2, 0) is 6.61 Å². The van der Waals surface area contributed by atoms with Gasteiger partial charge in [-0.05, 0) is 83.6 Å². The first-order valence-electron chi connectivity index (χ1n) is 10.4. The number of nitrogens with one attached hydrogen (secondary N) is 1. The van der Waals surface area contributed by atoms with E-state index < -0.39 is 5.91 Å². The summed E-state index contributed by atoms with van der Waals surface area (Å²) in [6, 6.07) is 15.6. The summed E-state index contributed by atoms with van der Waals surface area (Å²) in [7, 11) is 0. The fraction of sp³-hybridized carbons (Fsp3) is 0.120. The number of hydrogen-bond acceptors (Lipinski definition) is 5. The number of hydrogen-bond donors (Lipinski definition) is 1. The second-order valence-electron chi connectivity index (χ2n) is 7.28. The highest BCUT2D eigenvalue weighted by atomic mass is 127. The Hall–Kier alpha value is -2.46. The number of halogens is 4. The van der Waals surface area contributed by atoms with E-state index in [1.165, 1.54) is 6.21 Å². The molecule has 0 saturated heterocycles. The quantitative estimate of drug-likeness (QED) is 0.121. The van der Waals surface area contributed by atoms with E-state index in [1.807, 2.05) is 19.1 Å². The lowest BCUT2D eigenvalue weighted by atomic mass is 10.2. The summed E-state index contributed by atoms with van der Waals surface area (Å²) in [5.74, 6) is 0.786. The standard InChI is InChI=1S/C25H18Cl3IN2O4/c1-2-33-22-8-14(7-20(29)24(22)34-13-15-3-4-18(27)11-19(15)28)12-30-31-25(32)23-10-16-9-17(26)5-6-21(16)35-23/h3-12H,2,13H2,1H3,(H,31,32)/b30-12+. The highest BCUT2D eigenvalue weighted by Gasteiger charge is 2.14. The molecule has 180 valence electrons. The maximum Gasteiger partial charge on any atom is 0.307 e. The summed E-state index contributed by atoms with van der Waals surface area (Å²) in [6.07, 6.45) is 1.52. The Balaban J connectivity index is 1.47. The van der Waals surface area contributed by atoms with Crippen molar-refractivity contribution in [3.63, 3.8) is 0 Å². The van der Waals surface area contributed by atoms with E-state index in [9.17, 15) is 4.79 Å². The van der Waals surface area contributed by atoms with Crippen LogP contribution in [0.25, 0.3) is 11.0 Å². The number of fused-ring (bicyclic) bond motifs is 1. The highest BCUT2D eigenvalue weighted by Crippen LogP contribution is 2.35. The molecule has 1 amide bonds. The summed E-state index contributed by atoms with van der Waals surface area (Å²) in [6.45, 7) is 2.58. The fourth-order valence-electron chi connectivity index (χ4n) is 3.20. The molecule has 1 heterocycles. The van der Waals surface area contributed by atoms with Gasteiger partial charge in [-0.3, -0.25) is 4.79 Å². The molecule has 0 saturated carbocycles. The molecule has 0 spiro atoms. The average molecular weight is 644 g/mol. The Labute approximate surface area is 230 Å². The predicted octanol–water partition coefficient (Wildman–Crippen LogP) is 7.74. The zero-order valence-electron chi connectivity index (χ0n) is 18.3. The van der Waals surface area contributed by atoms with Crippen molar-refractivity contribution in [1.82, 2.24) is 5.43 Å². The number of carbonyl (C=O) groups is 1. The summed E-state index contributed by atoms with van der Waals surface area (Å²) >= 11 is 20.4. The van der Waals surface area contributed by atoms with Crippen molar-refractivity contribution < 1.29 is 18.7 Å². The first-order chi connectivity index (χ1) is 16.8. The van der Waals surface area contributed by atoms with Crippen LogP contribution in [0.5, 0.6) is 11.5 Å². The predicted molar refractivity (Wildman–Crippen MR) is 147 cm³/mol. The third-order valence-corrected chi connectivity index (χ3v) is 6.42. The number of ether oxygens (including phenoxy) is 2. The van der Waals surface area contributed by atoms with Gasteiger partial charge < -0.3 is 13.9 Å². The van der Waals surface area contributed by atoms with Crippen LogP contribution in [0.1, 0.15) is 28.6 Å². The van der Waals surface area contributed by atoms with E-state index in [0.29, 0.717) is 44.3 Å². The third kappa shape index (κ3) is 6.41. The van der Waals surface area contributed by atoms with Crippen LogP contribution in [0.3, 0.4) is 0 Å². The van der Waals surface area contributed by atoms with E-state index >= 15 is 0 Å². The molecule has 0 bridgehead atoms. The SMILES string of the molecule is CCOc1cc(/C=N/NC(=O)c2cc3cc(Cl)ccc3o2)cc(I)c1OCc1ccc(Cl)cc1Cl. The maximum absolute atomic E-state index is 12.4. The van der Waals surface area contributed by atoms with Gasteiger partial charge in [-0.15, -0.1) is 0 Å². The fourth-order valence-corrected chi connectivity index (χ4v) is 4.63. The van der Waals surface area contributed by atoms with E-state index in [-0.39, 0.29) is 12.4 Å². The Kier molecular flexibility index (Phi) is 8.43. The number of benzene rings is 3. The average Bonchev–Trinajstić information content (AvgIpc) is 3.23. The molecule has 6 nitrogen and oxygen atoms in total. The monoisotopic (exact) mass is 642 g/mol. The molecule has 4 aromatic rings. The minimum absolute atomic E-state index is 0.133. The zero-order valence-corrected chi connectivity index (χ0v) is 22.7. The normalized spacial score (nSPS) is 11.2. The molecular formula is C25H18Cl3IN2O4. The van der Waals surface area contributed by atoms with Crippen molar-refractivity contribution in [2.75, 3.05) is 6.61 Å². The Morgan fingerprint density at radius 2 is 1.83 bits per heavy atom. The summed E-state index contributed by atoms with van der Waals surface area (Å²) in [5, 5.41) is 6.43. The largest absolute Gasteiger partial charge is 0.490 e. The van der Waals surface area contributed by atoms with Crippen molar-refractivity contribution in [3.8, 4) is 11.5 Å². The van der Waals surface area contributed by atoms with Gasteiger partial charge in [0.25, 0.3) is 0 Å². The maximum atomic E-state index is 12.4. The number of rotatable bonds is 8. The molecule has 0 radical (unpaired) electrons. The van der Waals surface area contributed by atoms with Crippen LogP contribution in [0.4, 0.5) is 0 Å². The van der Waals surface area contributed by atoms with Crippen molar-refractivity contribution in [1.29, 1.82) is 0 Å². The Morgan fingerprint density at radius 3 is 2.60 bits per heavy atom. The minimum atomic E-state index is -0.479. The van der Waals surface area contributed by atoms with Gasteiger partial charge >= 0.3 is 5.91 Å². The van der Waals surface area contributed by atoms with Crippen LogP contribution in [0, 0.1) is 3.57 Å². The molecule has 10 heteroatoms. The molecule has 0 aliphatic rings. The van der Waals surface area contributed by atoms with Crippen LogP contribution in [0.15, 0.2) is 64.1 Å². The Morgan fingerprint density at radius 1 is 1.06 bits per heavy atom. The lowest BCUT2D eigenvalue weighted by molar-refractivity contribution is 0.0929. The van der Waals surface area contributed by atoms with Crippen molar-refractivity contribution in [2.45, 2.75) is 13.5 Å². The molecule has 0 atom stereocenters. The van der Waals surface area contributed by atoms with Crippen LogP contribution in [-0.4, -0.2) is 18.7 Å². The van der Waals surface area contributed by atoms with Gasteiger partial charge in [-0.1, -0.05) is 40.9 Å². The van der Waals surface area contributed by atoms with E-state index in [2.05, 4.69) is 33.1 Å². The van der Waals surface area contributed by atoms with Gasteiger partial charge in [-0.2, -0.15) is 5.10 Å². The molecule has 0 aliphatic heterocycles. The Bertz CT molecular complexity index is 1420. The van der Waals surface area contributed by atoms with Gasteiger partial charge in [0.05, 0.1) is 16.4 Å².